The van der Waals surface area contributed by atoms with Crippen LogP contribution in [0, 0.1) is 6.92 Å². The van der Waals surface area contributed by atoms with E-state index in [9.17, 15) is 4.79 Å². The first-order valence-electron chi connectivity index (χ1n) is 10.2. The zero-order valence-electron chi connectivity index (χ0n) is 17.5. The zero-order chi connectivity index (χ0) is 21.6. The van der Waals surface area contributed by atoms with Crippen LogP contribution in [0.3, 0.4) is 0 Å². The first kappa shape index (κ1) is 21.2. The maximum Gasteiger partial charge on any atom is 0.247 e. The van der Waals surface area contributed by atoms with Gasteiger partial charge < -0.3 is 15.4 Å². The van der Waals surface area contributed by atoms with E-state index in [1.54, 1.807) is 11.3 Å². The largest absolute Gasteiger partial charge is 0.432 e. The van der Waals surface area contributed by atoms with Crippen LogP contribution in [0.5, 0.6) is 0 Å². The molecule has 3 heterocycles. The fourth-order valence-electron chi connectivity index (χ4n) is 3.43. The smallest absolute Gasteiger partial charge is 0.247 e. The average Bonchev–Trinajstić information content (AvgIpc) is 3.19. The molecule has 1 fully saturated rings. The van der Waals surface area contributed by atoms with E-state index >= 15 is 0 Å². The van der Waals surface area contributed by atoms with Crippen molar-refractivity contribution < 1.29 is 9.53 Å². The van der Waals surface area contributed by atoms with Gasteiger partial charge in [-0.15, -0.1) is 11.3 Å². The molecule has 3 N–H and O–H groups in total. The van der Waals surface area contributed by atoms with E-state index in [4.69, 9.17) is 4.98 Å². The number of pyridine rings is 1. The minimum absolute atomic E-state index is 0.240. The molecule has 0 aliphatic carbocycles. The average molecular weight is 437 g/mol. The number of ether oxygens (including phenoxy) is 1. The van der Waals surface area contributed by atoms with Crippen LogP contribution in [0.15, 0.2) is 55.3 Å². The maximum absolute atomic E-state index is 11.7. The highest BCUT2D eigenvalue weighted by Crippen LogP contribution is 2.27. The van der Waals surface area contributed by atoms with Crippen LogP contribution in [0.25, 0.3) is 11.3 Å². The van der Waals surface area contributed by atoms with Crippen molar-refractivity contribution in [1.82, 2.24) is 14.9 Å². The van der Waals surface area contributed by atoms with Gasteiger partial charge in [-0.3, -0.25) is 9.69 Å². The van der Waals surface area contributed by atoms with Crippen LogP contribution < -0.4 is 10.6 Å². The molecule has 0 radical (unpaired) electrons. The number of nitrogens with zero attached hydrogens (tertiary/aromatic N) is 3. The van der Waals surface area contributed by atoms with Crippen LogP contribution in [-0.4, -0.2) is 51.8 Å². The van der Waals surface area contributed by atoms with Crippen molar-refractivity contribution in [2.75, 3.05) is 36.9 Å². The molecule has 1 aromatic carbocycles. The summed E-state index contributed by atoms with van der Waals surface area (Å²) in [7, 11) is 0. The number of amides is 1. The molecule has 1 aliphatic heterocycles. The number of rotatable bonds is 7. The number of nitrogens with one attached hydrogen (secondary N) is 2. The lowest BCUT2D eigenvalue weighted by Crippen LogP contribution is -2.37. The summed E-state index contributed by atoms with van der Waals surface area (Å²) in [6.45, 7) is 10.1. The summed E-state index contributed by atoms with van der Waals surface area (Å²) >= 11 is 1.60. The predicted octanol–water partition coefficient (Wildman–Crippen LogP) is 3.73. The molecule has 31 heavy (non-hydrogen) atoms. The Bertz CT molecular complexity index is 1080. The van der Waals surface area contributed by atoms with Gasteiger partial charge in [-0.25, -0.2) is 9.97 Å². The topological polar surface area (TPSA) is 83.0 Å². The van der Waals surface area contributed by atoms with E-state index in [-0.39, 0.29) is 5.91 Å². The maximum atomic E-state index is 11.7. The van der Waals surface area contributed by atoms with Crippen molar-refractivity contribution in [3.8, 4) is 11.3 Å². The fourth-order valence-corrected chi connectivity index (χ4v) is 4.10. The fraction of sp³-hybridized carbons (Fsp3) is 0.261. The summed E-state index contributed by atoms with van der Waals surface area (Å²) in [5.41, 5.74) is 3.64. The number of carbonyl (C=O) groups is 1. The molecule has 1 saturated heterocycles. The van der Waals surface area contributed by atoms with Crippen LogP contribution in [0.2, 0.25) is 0 Å². The minimum Gasteiger partial charge on any atom is -0.432 e. The van der Waals surface area contributed by atoms with Gasteiger partial charge in [0.25, 0.3) is 0 Å². The third kappa shape index (κ3) is 5.75. The van der Waals surface area contributed by atoms with E-state index in [2.05, 4.69) is 44.0 Å². The Kier molecular flexibility index (Phi) is 6.71. The van der Waals surface area contributed by atoms with Crippen molar-refractivity contribution >= 4 is 33.9 Å². The Morgan fingerprint density at radius 1 is 1.29 bits per heavy atom. The lowest BCUT2D eigenvalue weighted by atomic mass is 10.1. The Labute approximate surface area is 185 Å². The van der Waals surface area contributed by atoms with Crippen LogP contribution in [0.1, 0.15) is 10.4 Å². The molecule has 0 unspecified atom stereocenters. The third-order valence-electron chi connectivity index (χ3n) is 4.91. The molecule has 0 atom stereocenters. The van der Waals surface area contributed by atoms with Crippen LogP contribution >= 0.6 is 11.3 Å². The Morgan fingerprint density at radius 3 is 2.87 bits per heavy atom. The molecule has 7 nitrogen and oxygen atoms in total. The molecule has 0 spiro atoms. The molecule has 0 bridgehead atoms. The third-order valence-corrected chi connectivity index (χ3v) is 5.74. The number of hydrogen-bond donors (Lipinski definition) is 2. The minimum atomic E-state index is -0.240. The zero-order valence-corrected chi connectivity index (χ0v) is 18.3. The lowest BCUT2D eigenvalue weighted by Gasteiger charge is -2.24. The molecular weight excluding hydrogens is 410 g/mol. The van der Waals surface area contributed by atoms with E-state index in [0.717, 1.165) is 59.9 Å². The van der Waals surface area contributed by atoms with Crippen molar-refractivity contribution in [2.24, 2.45) is 0 Å². The number of anilines is 3. The number of benzene rings is 1. The van der Waals surface area contributed by atoms with Crippen LogP contribution in [-0.2, 0) is 11.3 Å². The summed E-state index contributed by atoms with van der Waals surface area (Å²) in [5, 5.41) is 6.97. The van der Waals surface area contributed by atoms with Gasteiger partial charge in [-0.1, -0.05) is 18.7 Å². The monoisotopic (exact) mass is 436 g/mol. The van der Waals surface area contributed by atoms with E-state index in [1.165, 1.54) is 11.6 Å². The SMILES string of the molecule is C=CC(=O)Nc1cccc(-c2cc(CN3CC[OH+]CC3)cc(Nc3ncc(C)s3)n2)c1. The lowest BCUT2D eigenvalue weighted by molar-refractivity contribution is -0.111. The second kappa shape index (κ2) is 9.82. The van der Waals surface area contributed by atoms with Gasteiger partial charge in [0.05, 0.1) is 18.8 Å². The molecule has 4 rings (SSSR count). The Hall–Kier alpha value is -3.07. The number of hydrogen-bond acceptors (Lipinski definition) is 6. The number of aliphatic hydroxyl groups is 2. The van der Waals surface area contributed by atoms with Gasteiger partial charge in [0.1, 0.15) is 5.82 Å². The quantitative estimate of drug-likeness (QED) is 0.436. The van der Waals surface area contributed by atoms with Crippen molar-refractivity contribution in [3.05, 3.63) is 65.7 Å². The molecule has 0 saturated carbocycles. The number of thiazole rings is 1. The molecule has 1 aliphatic rings. The van der Waals surface area contributed by atoms with Crippen molar-refractivity contribution in [1.29, 1.82) is 0 Å². The van der Waals surface area contributed by atoms with E-state index < -0.39 is 0 Å². The Morgan fingerprint density at radius 2 is 2.13 bits per heavy atom. The Balaban J connectivity index is 1.65. The van der Waals surface area contributed by atoms with E-state index in [0.29, 0.717) is 5.69 Å². The van der Waals surface area contributed by atoms with Crippen molar-refractivity contribution in [2.45, 2.75) is 13.5 Å². The molecular formula is C23H26N5O2S+. The first-order chi connectivity index (χ1) is 15.1. The number of carbonyl (C=O) groups excluding carboxylic acids is 1. The summed E-state index contributed by atoms with van der Waals surface area (Å²) in [6.07, 6.45) is 3.11. The molecule has 8 heteroatoms. The van der Waals surface area contributed by atoms with Gasteiger partial charge >= 0.3 is 0 Å². The normalized spacial score (nSPS) is 14.2. The van der Waals surface area contributed by atoms with Gasteiger partial charge in [0.15, 0.2) is 18.3 Å². The van der Waals surface area contributed by atoms with E-state index in [1.807, 2.05) is 37.4 Å². The second-order valence-corrected chi connectivity index (χ2v) is 8.60. The molecule has 1 amide bonds. The summed E-state index contributed by atoms with van der Waals surface area (Å²) in [6, 6.07) is 11.9. The molecule has 3 aromatic rings. The standard InChI is InChI=1S/C23H25N5O2S/c1-3-22(29)25-19-6-4-5-18(13-19)20-11-17(15-28-7-9-30-10-8-28)12-21(26-20)27-23-24-14-16(2)31-23/h3-6,11-14H,1,7-10,15H2,2H3,(H,25,29)(H,24,26,27)/p+1. The van der Waals surface area contributed by atoms with Gasteiger partial charge in [0, 0.05) is 28.9 Å². The number of aryl methyl sites for hydroxylation is 1. The number of morpholine rings is 1. The van der Waals surface area contributed by atoms with Crippen LogP contribution in [0.4, 0.5) is 16.6 Å². The van der Waals surface area contributed by atoms with Crippen molar-refractivity contribution in [3.63, 3.8) is 0 Å². The molecule has 2 aromatic heterocycles. The summed E-state index contributed by atoms with van der Waals surface area (Å²) in [4.78, 5) is 24.5. The highest BCUT2D eigenvalue weighted by atomic mass is 32.1. The first-order valence-corrected chi connectivity index (χ1v) is 11.0. The van der Waals surface area contributed by atoms with Gasteiger partial charge in [-0.05, 0) is 42.8 Å². The highest BCUT2D eigenvalue weighted by molar-refractivity contribution is 7.15. The van der Waals surface area contributed by atoms with Gasteiger partial charge in [-0.2, -0.15) is 0 Å². The second-order valence-electron chi connectivity index (χ2n) is 7.37. The number of aromatic nitrogens is 2. The van der Waals surface area contributed by atoms with Gasteiger partial charge in [0.2, 0.25) is 5.91 Å². The summed E-state index contributed by atoms with van der Waals surface area (Å²) in [5.74, 6) is 0.514. The summed E-state index contributed by atoms with van der Waals surface area (Å²) < 4.78 is 4.44. The highest BCUT2D eigenvalue weighted by Gasteiger charge is 2.16. The predicted molar refractivity (Wildman–Crippen MR) is 126 cm³/mol. The molecule has 160 valence electrons.